The van der Waals surface area contributed by atoms with Crippen molar-refractivity contribution in [2.24, 2.45) is 5.92 Å². The summed E-state index contributed by atoms with van der Waals surface area (Å²) in [4.78, 5) is 11.8. The zero-order chi connectivity index (χ0) is 18.0. The van der Waals surface area contributed by atoms with Gasteiger partial charge in [0.25, 0.3) is 0 Å². The van der Waals surface area contributed by atoms with Crippen LogP contribution in [0.15, 0.2) is 24.3 Å². The van der Waals surface area contributed by atoms with E-state index in [9.17, 15) is 0 Å². The van der Waals surface area contributed by atoms with Crippen LogP contribution in [-0.2, 0) is 0 Å². The van der Waals surface area contributed by atoms with E-state index in [1.54, 1.807) is 0 Å². The van der Waals surface area contributed by atoms with Crippen molar-refractivity contribution < 1.29 is 0 Å². The van der Waals surface area contributed by atoms with Crippen molar-refractivity contribution >= 4 is 17.5 Å². The van der Waals surface area contributed by atoms with Crippen LogP contribution in [0.5, 0.6) is 0 Å². The summed E-state index contributed by atoms with van der Waals surface area (Å²) < 4.78 is 0. The third kappa shape index (κ3) is 4.12. The molecule has 1 aliphatic rings. The van der Waals surface area contributed by atoms with E-state index in [4.69, 9.17) is 4.98 Å². The summed E-state index contributed by atoms with van der Waals surface area (Å²) >= 11 is 0. The first-order valence-corrected chi connectivity index (χ1v) is 9.41. The molecule has 1 N–H and O–H groups in total. The van der Waals surface area contributed by atoms with Crippen LogP contribution in [0.25, 0.3) is 0 Å². The highest BCUT2D eigenvalue weighted by Crippen LogP contribution is 2.30. The largest absolute Gasteiger partial charge is 0.340 e. The molecule has 1 atom stereocenters. The molecule has 1 aliphatic heterocycles. The number of rotatable bonds is 4. The van der Waals surface area contributed by atoms with Gasteiger partial charge in [-0.15, -0.1) is 0 Å². The minimum Gasteiger partial charge on any atom is -0.340 e. The Labute approximate surface area is 151 Å². The maximum atomic E-state index is 4.83. The minimum absolute atomic E-state index is 0.466. The second-order valence-electron chi connectivity index (χ2n) is 7.71. The summed E-state index contributed by atoms with van der Waals surface area (Å²) in [6, 6.07) is 8.51. The fourth-order valence-electron chi connectivity index (χ4n) is 3.60. The summed E-state index contributed by atoms with van der Waals surface area (Å²) in [5.41, 5.74) is 4.75. The Hall–Kier alpha value is -2.10. The second kappa shape index (κ2) is 7.42. The topological polar surface area (TPSA) is 41.1 Å². The Bertz CT molecular complexity index is 739. The smallest absolute Gasteiger partial charge is 0.227 e. The Morgan fingerprint density at radius 2 is 2.00 bits per heavy atom. The molecule has 25 heavy (non-hydrogen) atoms. The summed E-state index contributed by atoms with van der Waals surface area (Å²) in [5, 5.41) is 3.58. The normalized spacial score (nSPS) is 17.8. The third-order valence-corrected chi connectivity index (χ3v) is 4.96. The van der Waals surface area contributed by atoms with E-state index < -0.39 is 0 Å². The van der Waals surface area contributed by atoms with Gasteiger partial charge in [0.05, 0.1) is 0 Å². The van der Waals surface area contributed by atoms with Crippen LogP contribution in [-0.4, -0.2) is 23.1 Å². The predicted octanol–water partition coefficient (Wildman–Crippen LogP) is 5.20. The monoisotopic (exact) mass is 338 g/mol. The molecule has 0 radical (unpaired) electrons. The fourth-order valence-corrected chi connectivity index (χ4v) is 3.60. The molecule has 0 amide bonds. The molecule has 134 valence electrons. The molecule has 1 aromatic heterocycles. The number of benzene rings is 1. The Morgan fingerprint density at radius 3 is 2.72 bits per heavy atom. The average Bonchev–Trinajstić information content (AvgIpc) is 2.56. The van der Waals surface area contributed by atoms with Gasteiger partial charge in [-0.05, 0) is 49.7 Å². The van der Waals surface area contributed by atoms with Crippen LogP contribution in [0.4, 0.5) is 17.5 Å². The fraction of sp³-hybridized carbons (Fsp3) is 0.524. The van der Waals surface area contributed by atoms with Crippen molar-refractivity contribution in [1.29, 1.82) is 0 Å². The van der Waals surface area contributed by atoms with Crippen LogP contribution >= 0.6 is 0 Å². The van der Waals surface area contributed by atoms with E-state index in [1.807, 2.05) is 13.0 Å². The Balaban J connectivity index is 1.91. The van der Waals surface area contributed by atoms with Gasteiger partial charge in [-0.3, -0.25) is 0 Å². The standard InChI is InChI=1S/C21H30N4/c1-14(2)18-10-6-9-16(4)20(18)23-19-12-17(5)22-21(24-19)25-11-7-8-15(3)13-25/h6,9-10,12,14-15H,7-8,11,13H2,1-5H3,(H,22,23,24). The lowest BCUT2D eigenvalue weighted by molar-refractivity contribution is 0.442. The first kappa shape index (κ1) is 17.7. The van der Waals surface area contributed by atoms with E-state index in [2.05, 4.69) is 61.1 Å². The van der Waals surface area contributed by atoms with Crippen LogP contribution in [0.2, 0.25) is 0 Å². The molecule has 3 rings (SSSR count). The molecule has 0 spiro atoms. The van der Waals surface area contributed by atoms with Crippen molar-refractivity contribution in [1.82, 2.24) is 9.97 Å². The van der Waals surface area contributed by atoms with E-state index in [0.717, 1.165) is 30.5 Å². The highest BCUT2D eigenvalue weighted by molar-refractivity contribution is 5.66. The molecular formula is C21H30N4. The maximum absolute atomic E-state index is 4.83. The van der Waals surface area contributed by atoms with E-state index >= 15 is 0 Å². The van der Waals surface area contributed by atoms with Gasteiger partial charge in [-0.1, -0.05) is 39.0 Å². The molecule has 1 saturated heterocycles. The van der Waals surface area contributed by atoms with Crippen molar-refractivity contribution in [2.45, 2.75) is 53.4 Å². The number of aryl methyl sites for hydroxylation is 2. The first-order chi connectivity index (χ1) is 11.9. The van der Waals surface area contributed by atoms with Gasteiger partial charge in [0, 0.05) is 30.5 Å². The zero-order valence-corrected chi connectivity index (χ0v) is 16.1. The molecule has 2 aromatic rings. The number of nitrogens with one attached hydrogen (secondary N) is 1. The highest BCUT2D eigenvalue weighted by Gasteiger charge is 2.19. The quantitative estimate of drug-likeness (QED) is 0.832. The zero-order valence-electron chi connectivity index (χ0n) is 16.1. The van der Waals surface area contributed by atoms with Crippen LogP contribution in [0.1, 0.15) is 56.4 Å². The van der Waals surface area contributed by atoms with Gasteiger partial charge >= 0.3 is 0 Å². The minimum atomic E-state index is 0.466. The molecule has 4 nitrogen and oxygen atoms in total. The van der Waals surface area contributed by atoms with Crippen molar-refractivity contribution in [3.05, 3.63) is 41.1 Å². The van der Waals surface area contributed by atoms with E-state index in [1.165, 1.54) is 29.7 Å². The maximum Gasteiger partial charge on any atom is 0.227 e. The van der Waals surface area contributed by atoms with Crippen molar-refractivity contribution in [3.63, 3.8) is 0 Å². The SMILES string of the molecule is Cc1cc(Nc2c(C)cccc2C(C)C)nc(N2CCCC(C)C2)n1. The number of aromatic nitrogens is 2. The summed E-state index contributed by atoms with van der Waals surface area (Å²) in [5.74, 6) is 2.91. The van der Waals surface area contributed by atoms with Gasteiger partial charge < -0.3 is 10.2 Å². The lowest BCUT2D eigenvalue weighted by atomic mass is 9.98. The molecule has 0 saturated carbocycles. The molecule has 1 unspecified atom stereocenters. The van der Waals surface area contributed by atoms with Crippen LogP contribution in [0, 0.1) is 19.8 Å². The average molecular weight is 338 g/mol. The predicted molar refractivity (Wildman–Crippen MR) is 106 cm³/mol. The lowest BCUT2D eigenvalue weighted by Gasteiger charge is -2.31. The number of hydrogen-bond donors (Lipinski definition) is 1. The van der Waals surface area contributed by atoms with Gasteiger partial charge in [0.15, 0.2) is 0 Å². The summed E-state index contributed by atoms with van der Waals surface area (Å²) in [6.07, 6.45) is 2.52. The second-order valence-corrected chi connectivity index (χ2v) is 7.71. The van der Waals surface area contributed by atoms with Crippen molar-refractivity contribution in [2.75, 3.05) is 23.3 Å². The van der Waals surface area contributed by atoms with E-state index in [0.29, 0.717) is 11.8 Å². The summed E-state index contributed by atoms with van der Waals surface area (Å²) in [6.45, 7) is 13.1. The molecule has 2 heterocycles. The van der Waals surface area contributed by atoms with E-state index in [-0.39, 0.29) is 0 Å². The molecule has 0 aliphatic carbocycles. The number of anilines is 3. The highest BCUT2D eigenvalue weighted by atomic mass is 15.3. The van der Waals surface area contributed by atoms with Gasteiger partial charge in [-0.2, -0.15) is 4.98 Å². The molecule has 0 bridgehead atoms. The Kier molecular flexibility index (Phi) is 5.26. The Morgan fingerprint density at radius 1 is 1.20 bits per heavy atom. The number of para-hydroxylation sites is 1. The number of piperidine rings is 1. The van der Waals surface area contributed by atoms with Gasteiger partial charge in [0.2, 0.25) is 5.95 Å². The number of nitrogens with zero attached hydrogens (tertiary/aromatic N) is 3. The summed E-state index contributed by atoms with van der Waals surface area (Å²) in [7, 11) is 0. The molecule has 1 aromatic carbocycles. The lowest BCUT2D eigenvalue weighted by Crippen LogP contribution is -2.35. The molecule has 1 fully saturated rings. The van der Waals surface area contributed by atoms with Crippen LogP contribution in [0.3, 0.4) is 0 Å². The van der Waals surface area contributed by atoms with Crippen molar-refractivity contribution in [3.8, 4) is 0 Å². The third-order valence-electron chi connectivity index (χ3n) is 4.96. The molecular weight excluding hydrogens is 308 g/mol. The van der Waals surface area contributed by atoms with Gasteiger partial charge in [-0.25, -0.2) is 4.98 Å². The first-order valence-electron chi connectivity index (χ1n) is 9.41. The number of hydrogen-bond acceptors (Lipinski definition) is 4. The van der Waals surface area contributed by atoms with Crippen LogP contribution < -0.4 is 10.2 Å². The van der Waals surface area contributed by atoms with Gasteiger partial charge in [0.1, 0.15) is 5.82 Å². The molecule has 4 heteroatoms.